The SMILES string of the molecule is CN(C)S(=O)(=O)C[C@@H]1CN(Cc2cnn(C)c2)C[C@H]1O.O=CO. The maximum Gasteiger partial charge on any atom is 0.290 e. The predicted octanol–water partition coefficient (Wildman–Crippen LogP) is -1.19. The Bertz CT molecular complexity index is 601. The predicted molar refractivity (Wildman–Crippen MR) is 84.1 cm³/mol. The second kappa shape index (κ2) is 8.39. The fourth-order valence-corrected chi connectivity index (χ4v) is 3.63. The molecule has 2 rings (SSSR count). The molecule has 1 fully saturated rings. The molecule has 0 radical (unpaired) electrons. The molecule has 1 aromatic heterocycles. The zero-order valence-corrected chi connectivity index (χ0v) is 14.3. The number of aryl methyl sites for hydroxylation is 1. The minimum absolute atomic E-state index is 0.00922. The van der Waals surface area contributed by atoms with Crippen molar-refractivity contribution < 1.29 is 23.4 Å². The zero-order valence-electron chi connectivity index (χ0n) is 13.5. The Kier molecular flexibility index (Phi) is 7.13. The molecule has 2 atom stereocenters. The molecule has 1 aliphatic rings. The Hall–Kier alpha value is -1.49. The highest BCUT2D eigenvalue weighted by Gasteiger charge is 2.35. The molecule has 1 saturated heterocycles. The fraction of sp³-hybridized carbons (Fsp3) is 0.692. The van der Waals surface area contributed by atoms with Crippen molar-refractivity contribution in [2.75, 3.05) is 32.9 Å². The number of aliphatic hydroxyl groups excluding tert-OH is 1. The van der Waals surface area contributed by atoms with E-state index in [1.807, 2.05) is 13.2 Å². The summed E-state index contributed by atoms with van der Waals surface area (Å²) in [7, 11) is 1.62. The first-order chi connectivity index (χ1) is 10.7. The Balaban J connectivity index is 0.000000816. The number of likely N-dealkylation sites (tertiary alicyclic amines) is 1. The van der Waals surface area contributed by atoms with Crippen molar-refractivity contribution >= 4 is 16.5 Å². The summed E-state index contributed by atoms with van der Waals surface area (Å²) in [5, 5.41) is 21.0. The molecule has 1 aromatic rings. The number of nitrogens with zero attached hydrogens (tertiary/aromatic N) is 4. The lowest BCUT2D eigenvalue weighted by Crippen LogP contribution is -2.33. The number of aliphatic hydroxyl groups is 1. The van der Waals surface area contributed by atoms with Crippen molar-refractivity contribution in [3.05, 3.63) is 18.0 Å². The van der Waals surface area contributed by atoms with Gasteiger partial charge >= 0.3 is 0 Å². The highest BCUT2D eigenvalue weighted by molar-refractivity contribution is 7.89. The number of hydrogen-bond acceptors (Lipinski definition) is 6. The molecule has 0 aliphatic carbocycles. The van der Waals surface area contributed by atoms with Gasteiger partial charge in [0.15, 0.2) is 0 Å². The number of hydrogen-bond donors (Lipinski definition) is 2. The van der Waals surface area contributed by atoms with Crippen molar-refractivity contribution in [2.45, 2.75) is 12.6 Å². The summed E-state index contributed by atoms with van der Waals surface area (Å²) in [4.78, 5) is 10.4. The van der Waals surface area contributed by atoms with Gasteiger partial charge in [-0.15, -0.1) is 0 Å². The second-order valence-corrected chi connectivity index (χ2v) is 7.94. The Morgan fingerprint density at radius 3 is 2.52 bits per heavy atom. The first-order valence-electron chi connectivity index (χ1n) is 7.05. The van der Waals surface area contributed by atoms with Gasteiger partial charge < -0.3 is 10.2 Å². The van der Waals surface area contributed by atoms with E-state index in [0.717, 1.165) is 5.56 Å². The number of aromatic nitrogens is 2. The third-order valence-electron chi connectivity index (χ3n) is 3.63. The van der Waals surface area contributed by atoms with Gasteiger partial charge in [0.25, 0.3) is 6.47 Å². The molecule has 0 amide bonds. The van der Waals surface area contributed by atoms with Gasteiger partial charge in [-0.1, -0.05) is 0 Å². The van der Waals surface area contributed by atoms with Crippen LogP contribution >= 0.6 is 0 Å². The van der Waals surface area contributed by atoms with E-state index in [2.05, 4.69) is 10.00 Å². The molecule has 23 heavy (non-hydrogen) atoms. The fourth-order valence-electron chi connectivity index (χ4n) is 2.47. The van der Waals surface area contributed by atoms with E-state index in [1.54, 1.807) is 10.9 Å². The number of carboxylic acid groups (broad SMARTS) is 1. The van der Waals surface area contributed by atoms with Crippen LogP contribution in [0.15, 0.2) is 12.4 Å². The summed E-state index contributed by atoms with van der Waals surface area (Å²) in [6.45, 7) is 1.52. The lowest BCUT2D eigenvalue weighted by Gasteiger charge is -2.17. The third kappa shape index (κ3) is 5.90. The molecule has 0 unspecified atom stereocenters. The normalized spacial score (nSPS) is 22.0. The van der Waals surface area contributed by atoms with Crippen LogP contribution in [0, 0.1) is 5.92 Å². The van der Waals surface area contributed by atoms with Gasteiger partial charge in [0.05, 0.1) is 18.1 Å². The Morgan fingerprint density at radius 2 is 2.04 bits per heavy atom. The van der Waals surface area contributed by atoms with Crippen LogP contribution in [0.3, 0.4) is 0 Å². The smallest absolute Gasteiger partial charge is 0.290 e. The van der Waals surface area contributed by atoms with Crippen LogP contribution in [0.5, 0.6) is 0 Å². The van der Waals surface area contributed by atoms with Crippen LogP contribution in [-0.2, 0) is 28.4 Å². The van der Waals surface area contributed by atoms with Gasteiger partial charge in [-0.25, -0.2) is 12.7 Å². The molecule has 2 N–H and O–H groups in total. The summed E-state index contributed by atoms with van der Waals surface area (Å²) in [5.41, 5.74) is 1.07. The lowest BCUT2D eigenvalue weighted by atomic mass is 10.1. The molecule has 0 aromatic carbocycles. The van der Waals surface area contributed by atoms with Crippen molar-refractivity contribution in [1.29, 1.82) is 0 Å². The molecule has 0 bridgehead atoms. The molecule has 0 spiro atoms. The highest BCUT2D eigenvalue weighted by atomic mass is 32.2. The monoisotopic (exact) mass is 348 g/mol. The van der Waals surface area contributed by atoms with Crippen molar-refractivity contribution in [2.24, 2.45) is 13.0 Å². The summed E-state index contributed by atoms with van der Waals surface area (Å²) in [5.74, 6) is -0.246. The zero-order chi connectivity index (χ0) is 17.6. The first kappa shape index (κ1) is 19.6. The number of sulfonamides is 1. The van der Waals surface area contributed by atoms with Crippen LogP contribution in [-0.4, -0.2) is 83.1 Å². The van der Waals surface area contributed by atoms with Crippen molar-refractivity contribution in [3.8, 4) is 0 Å². The van der Waals surface area contributed by atoms with Crippen LogP contribution < -0.4 is 0 Å². The minimum Gasteiger partial charge on any atom is -0.483 e. The largest absolute Gasteiger partial charge is 0.483 e. The number of β-amino-alcohol motifs (C(OH)–C–C–N with tert-alkyl or cyclic N) is 1. The van der Waals surface area contributed by atoms with Gasteiger partial charge in [-0.3, -0.25) is 14.4 Å². The van der Waals surface area contributed by atoms with Crippen LogP contribution in [0.4, 0.5) is 0 Å². The van der Waals surface area contributed by atoms with Gasteiger partial charge in [-0.2, -0.15) is 5.10 Å². The molecule has 10 heteroatoms. The average molecular weight is 348 g/mol. The molecular formula is C13H24N4O5S. The number of carbonyl (C=O) groups is 1. The van der Waals surface area contributed by atoms with Crippen LogP contribution in [0.25, 0.3) is 0 Å². The summed E-state index contributed by atoms with van der Waals surface area (Å²) in [6, 6.07) is 0. The van der Waals surface area contributed by atoms with E-state index in [9.17, 15) is 13.5 Å². The summed E-state index contributed by atoms with van der Waals surface area (Å²) in [6.07, 6.45) is 3.12. The van der Waals surface area contributed by atoms with E-state index < -0.39 is 16.1 Å². The maximum absolute atomic E-state index is 11.9. The lowest BCUT2D eigenvalue weighted by molar-refractivity contribution is -0.122. The third-order valence-corrected chi connectivity index (χ3v) is 5.59. The number of rotatable bonds is 5. The Labute approximate surface area is 136 Å². The van der Waals surface area contributed by atoms with E-state index >= 15 is 0 Å². The molecule has 2 heterocycles. The van der Waals surface area contributed by atoms with Crippen LogP contribution in [0.2, 0.25) is 0 Å². The topological polar surface area (TPSA) is 116 Å². The van der Waals surface area contributed by atoms with Gasteiger partial charge in [0, 0.05) is 58.5 Å². The van der Waals surface area contributed by atoms with E-state index in [4.69, 9.17) is 9.90 Å². The van der Waals surface area contributed by atoms with Gasteiger partial charge in [-0.05, 0) is 0 Å². The quantitative estimate of drug-likeness (QED) is 0.642. The molecule has 1 aliphatic heterocycles. The standard InChI is InChI=1S/C12H22N4O3S.CH2O2/c1-14(2)20(18,19)9-11-7-16(8-12(11)17)6-10-4-13-15(3)5-10;2-1-3/h4-5,11-12,17H,6-9H2,1-3H3;1H,(H,2,3)/t11-,12+;/m0./s1. The van der Waals surface area contributed by atoms with E-state index in [-0.39, 0.29) is 18.1 Å². The minimum atomic E-state index is -3.28. The molecule has 0 saturated carbocycles. The summed E-state index contributed by atoms with van der Waals surface area (Å²) >= 11 is 0. The maximum atomic E-state index is 11.9. The molecular weight excluding hydrogens is 324 g/mol. The Morgan fingerprint density at radius 1 is 1.43 bits per heavy atom. The van der Waals surface area contributed by atoms with Crippen molar-refractivity contribution in [1.82, 2.24) is 19.0 Å². The van der Waals surface area contributed by atoms with E-state index in [0.29, 0.717) is 19.6 Å². The molecule has 132 valence electrons. The second-order valence-electron chi connectivity index (χ2n) is 5.71. The van der Waals surface area contributed by atoms with Crippen molar-refractivity contribution in [3.63, 3.8) is 0 Å². The highest BCUT2D eigenvalue weighted by Crippen LogP contribution is 2.21. The average Bonchev–Trinajstić information content (AvgIpc) is 2.97. The molecule has 9 nitrogen and oxygen atoms in total. The summed E-state index contributed by atoms with van der Waals surface area (Å²) < 4.78 is 26.7. The first-order valence-corrected chi connectivity index (χ1v) is 8.66. The van der Waals surface area contributed by atoms with E-state index in [1.165, 1.54) is 18.4 Å². The van der Waals surface area contributed by atoms with Crippen LogP contribution in [0.1, 0.15) is 5.56 Å². The van der Waals surface area contributed by atoms with Gasteiger partial charge in [0.2, 0.25) is 10.0 Å². The van der Waals surface area contributed by atoms with Gasteiger partial charge in [0.1, 0.15) is 0 Å².